The highest BCUT2D eigenvalue weighted by Crippen LogP contribution is 2.49. The van der Waals surface area contributed by atoms with Crippen LogP contribution in [-0.4, -0.2) is 27.9 Å². The molecule has 0 bridgehead atoms. The molecular formula is C41H49ClFN3O4S. The largest absolute Gasteiger partial charge is 0.482 e. The van der Waals surface area contributed by atoms with E-state index >= 15 is 0 Å². The third-order valence-electron chi connectivity index (χ3n) is 10.3. The Bertz CT molecular complexity index is 2180. The summed E-state index contributed by atoms with van der Waals surface area (Å²) in [5.74, 6) is 2.17. The highest BCUT2D eigenvalue weighted by atomic mass is 35.5. The molecule has 272 valence electrons. The van der Waals surface area contributed by atoms with Crippen molar-refractivity contribution in [3.8, 4) is 17.1 Å². The summed E-state index contributed by atoms with van der Waals surface area (Å²) in [4.78, 5) is 9.00. The van der Waals surface area contributed by atoms with Crippen LogP contribution >= 0.6 is 11.6 Å². The summed E-state index contributed by atoms with van der Waals surface area (Å²) in [6.07, 6.45) is 2.09. The van der Waals surface area contributed by atoms with E-state index in [2.05, 4.69) is 29.1 Å². The summed E-state index contributed by atoms with van der Waals surface area (Å²) in [5.41, 5.74) is 1.13. The fourth-order valence-electron chi connectivity index (χ4n) is 6.70. The lowest BCUT2D eigenvalue weighted by Crippen LogP contribution is -2.54. The first-order valence-electron chi connectivity index (χ1n) is 17.1. The topological polar surface area (TPSA) is 94.3 Å². The Kier molecular flexibility index (Phi) is 9.93. The molecule has 0 radical (unpaired) electrons. The van der Waals surface area contributed by atoms with Crippen molar-refractivity contribution < 1.29 is 22.0 Å². The number of fused-ring (bicyclic) bond motifs is 1. The molecule has 0 aliphatic heterocycles. The fourth-order valence-corrected chi connectivity index (χ4v) is 9.24. The van der Waals surface area contributed by atoms with Gasteiger partial charge in [-0.2, -0.15) is 0 Å². The third kappa shape index (κ3) is 7.51. The van der Waals surface area contributed by atoms with Gasteiger partial charge in [-0.05, 0) is 127 Å². The Hall–Kier alpha value is -3.95. The van der Waals surface area contributed by atoms with Gasteiger partial charge in [0.25, 0.3) is 0 Å². The monoisotopic (exact) mass is 733 g/mol. The Labute approximate surface area is 306 Å². The van der Waals surface area contributed by atoms with Crippen LogP contribution in [-0.2, 0) is 20.9 Å². The van der Waals surface area contributed by atoms with E-state index in [1.54, 1.807) is 39.0 Å². The molecule has 0 spiro atoms. The maximum atomic E-state index is 13.9. The maximum Gasteiger partial charge on any atom is 0.160 e. The summed E-state index contributed by atoms with van der Waals surface area (Å²) in [6.45, 7) is 20.9. The second-order valence-corrected chi connectivity index (χ2v) is 20.2. The van der Waals surface area contributed by atoms with Crippen molar-refractivity contribution in [2.75, 3.05) is 5.32 Å². The number of ether oxygens (including phenoxy) is 1. The minimum Gasteiger partial charge on any atom is -0.482 e. The molecular weight excluding hydrogens is 685 g/mol. The first kappa shape index (κ1) is 38.3. The third-order valence-corrected chi connectivity index (χ3v) is 14.1. The number of hydrogen-bond donors (Lipinski definition) is 1. The van der Waals surface area contributed by atoms with E-state index in [1.807, 2.05) is 84.0 Å². The van der Waals surface area contributed by atoms with Gasteiger partial charge >= 0.3 is 0 Å². The average molecular weight is 734 g/mol. The smallest absolute Gasteiger partial charge is 0.160 e. The molecule has 0 saturated carbocycles. The summed E-state index contributed by atoms with van der Waals surface area (Å²) >= 11 is 6.68. The number of aromatic nitrogens is 2. The van der Waals surface area contributed by atoms with E-state index in [1.165, 1.54) is 18.5 Å². The molecule has 7 nitrogen and oxygen atoms in total. The van der Waals surface area contributed by atoms with Crippen molar-refractivity contribution in [2.45, 2.75) is 103 Å². The molecule has 1 N–H and O–H groups in total. The normalized spacial score (nSPS) is 13.4. The lowest BCUT2D eigenvalue weighted by atomic mass is 9.68. The van der Waals surface area contributed by atoms with Crippen LogP contribution in [0, 0.1) is 11.2 Å². The van der Waals surface area contributed by atoms with Gasteiger partial charge in [0.2, 0.25) is 0 Å². The fraction of sp³-hybridized carbons (Fsp3) is 0.415. The van der Waals surface area contributed by atoms with Gasteiger partial charge in [0.1, 0.15) is 40.8 Å². The molecule has 5 aromatic rings. The Balaban J connectivity index is 1.38. The number of rotatable bonds is 11. The molecule has 0 amide bonds. The number of halogens is 2. The molecule has 5 rings (SSSR count). The van der Waals surface area contributed by atoms with Crippen molar-refractivity contribution in [3.05, 3.63) is 101 Å². The van der Waals surface area contributed by atoms with E-state index in [0.717, 1.165) is 22.2 Å². The molecule has 0 saturated heterocycles. The second kappa shape index (κ2) is 13.2. The highest BCUT2D eigenvalue weighted by molar-refractivity contribution is 7.94. The minimum absolute atomic E-state index is 0.332. The SMILES string of the molecule is CC(C)(CC(C)(C)C(C)(C)S(=O)(=O)C(C)(C)C)c1ccc(-c2ccc3ncnc(Nc4ccc(OC(C)(C)c5cccc(F)c5)c(Cl)c4)c3c2)o1. The van der Waals surface area contributed by atoms with Gasteiger partial charge in [0, 0.05) is 22.1 Å². The van der Waals surface area contributed by atoms with Gasteiger partial charge in [-0.25, -0.2) is 22.8 Å². The number of benzene rings is 3. The van der Waals surface area contributed by atoms with E-state index < -0.39 is 35.8 Å². The second-order valence-electron chi connectivity index (χ2n) is 16.6. The van der Waals surface area contributed by atoms with Gasteiger partial charge in [0.15, 0.2) is 9.84 Å². The van der Waals surface area contributed by atoms with Crippen molar-refractivity contribution in [2.24, 2.45) is 5.41 Å². The molecule has 0 atom stereocenters. The van der Waals surface area contributed by atoms with Crippen molar-refractivity contribution in [3.63, 3.8) is 0 Å². The summed E-state index contributed by atoms with van der Waals surface area (Å²) in [6, 6.07) is 21.5. The van der Waals surface area contributed by atoms with E-state index in [0.29, 0.717) is 40.0 Å². The number of sulfone groups is 1. The van der Waals surface area contributed by atoms with E-state index in [-0.39, 0.29) is 5.82 Å². The van der Waals surface area contributed by atoms with Gasteiger partial charge < -0.3 is 14.5 Å². The van der Waals surface area contributed by atoms with Crippen molar-refractivity contribution in [1.29, 1.82) is 0 Å². The summed E-state index contributed by atoms with van der Waals surface area (Å²) in [7, 11) is -3.47. The molecule has 0 unspecified atom stereocenters. The van der Waals surface area contributed by atoms with Crippen LogP contribution in [0.1, 0.15) is 93.9 Å². The molecule has 10 heteroatoms. The summed E-state index contributed by atoms with van der Waals surface area (Å²) < 4.78 is 52.1. The lowest BCUT2D eigenvalue weighted by molar-refractivity contribution is 0.108. The standard InChI is InChI=1S/C41H49ClFN3O4S/c1-37(2,3)51(47,48)41(10,11)39(6,7)24-38(4,5)35-20-19-33(49-35)26-15-17-32-30(21-26)36(45-25-44-32)46-29-16-18-34(31(42)23-29)50-40(8,9)27-13-12-14-28(43)22-27/h12-23,25H,24H2,1-11H3,(H,44,45,46). The first-order chi connectivity index (χ1) is 23.4. The minimum atomic E-state index is -3.47. The summed E-state index contributed by atoms with van der Waals surface area (Å²) in [5, 5.41) is 4.54. The molecule has 3 aromatic carbocycles. The predicted molar refractivity (Wildman–Crippen MR) is 206 cm³/mol. The Morgan fingerprint density at radius 1 is 0.843 bits per heavy atom. The van der Waals surface area contributed by atoms with Crippen LogP contribution in [0.4, 0.5) is 15.9 Å². The van der Waals surface area contributed by atoms with Gasteiger partial charge in [-0.1, -0.05) is 51.4 Å². The Morgan fingerprint density at radius 2 is 1.55 bits per heavy atom. The lowest BCUT2D eigenvalue weighted by Gasteiger charge is -2.47. The van der Waals surface area contributed by atoms with Crippen LogP contribution in [0.2, 0.25) is 5.02 Å². The molecule has 0 aliphatic rings. The Morgan fingerprint density at radius 3 is 2.20 bits per heavy atom. The van der Waals surface area contributed by atoms with Crippen LogP contribution in [0.25, 0.3) is 22.2 Å². The van der Waals surface area contributed by atoms with E-state index in [9.17, 15) is 12.8 Å². The van der Waals surface area contributed by atoms with Crippen molar-refractivity contribution >= 4 is 43.8 Å². The van der Waals surface area contributed by atoms with Gasteiger partial charge in [-0.15, -0.1) is 0 Å². The molecule has 2 heterocycles. The first-order valence-corrected chi connectivity index (χ1v) is 18.9. The molecule has 2 aromatic heterocycles. The quantitative estimate of drug-likeness (QED) is 0.144. The zero-order chi connectivity index (χ0) is 37.8. The number of nitrogens with zero attached hydrogens (tertiary/aromatic N) is 2. The van der Waals surface area contributed by atoms with Crippen LogP contribution in [0.15, 0.2) is 83.5 Å². The van der Waals surface area contributed by atoms with Gasteiger partial charge in [-0.3, -0.25) is 0 Å². The number of nitrogens with one attached hydrogen (secondary N) is 1. The molecule has 0 fully saturated rings. The van der Waals surface area contributed by atoms with Crippen LogP contribution < -0.4 is 10.1 Å². The number of anilines is 2. The van der Waals surface area contributed by atoms with Crippen LogP contribution in [0.5, 0.6) is 5.75 Å². The molecule has 0 aliphatic carbocycles. The number of furan rings is 1. The zero-order valence-electron chi connectivity index (χ0n) is 31.4. The number of hydrogen-bond acceptors (Lipinski definition) is 7. The van der Waals surface area contributed by atoms with Crippen LogP contribution in [0.3, 0.4) is 0 Å². The maximum absolute atomic E-state index is 13.9. The molecule has 51 heavy (non-hydrogen) atoms. The van der Waals surface area contributed by atoms with Gasteiger partial charge in [0.05, 0.1) is 20.0 Å². The predicted octanol–water partition coefficient (Wildman–Crippen LogP) is 11.4. The van der Waals surface area contributed by atoms with Crippen molar-refractivity contribution in [1.82, 2.24) is 9.97 Å². The average Bonchev–Trinajstić information content (AvgIpc) is 3.53. The highest BCUT2D eigenvalue weighted by Gasteiger charge is 2.53. The van der Waals surface area contributed by atoms with E-state index in [4.69, 9.17) is 20.8 Å². The zero-order valence-corrected chi connectivity index (χ0v) is 33.0.